The van der Waals surface area contributed by atoms with E-state index in [9.17, 15) is 0 Å². The second kappa shape index (κ2) is 8.98. The van der Waals surface area contributed by atoms with E-state index in [-0.39, 0.29) is 0 Å². The van der Waals surface area contributed by atoms with Crippen molar-refractivity contribution in [3.63, 3.8) is 0 Å². The van der Waals surface area contributed by atoms with Crippen LogP contribution in [0, 0.1) is 5.41 Å². The van der Waals surface area contributed by atoms with Crippen LogP contribution in [-0.2, 0) is 11.3 Å². The molecule has 2 aromatic rings. The van der Waals surface area contributed by atoms with E-state index in [1.165, 1.54) is 5.56 Å². The van der Waals surface area contributed by atoms with Gasteiger partial charge in [0.2, 0.25) is 0 Å². The number of nitrogens with zero attached hydrogens (tertiary/aromatic N) is 1. The third-order valence-corrected chi connectivity index (χ3v) is 4.22. The number of hydrogen-bond acceptors (Lipinski definition) is 7. The van der Waals surface area contributed by atoms with Gasteiger partial charge in [-0.25, -0.2) is 10.8 Å². The molecule has 0 fully saturated rings. The summed E-state index contributed by atoms with van der Waals surface area (Å²) in [6, 6.07) is 10.1. The topological polar surface area (TPSA) is 108 Å². The minimum Gasteiger partial charge on any atom is -0.446 e. The lowest BCUT2D eigenvalue weighted by Gasteiger charge is -2.15. The standard InChI is InChI=1S/C19H24N6O/c20-13-26-18-7-9-23-12-16(18)2-1-8-22-11-14-3-4-15-5-6-19(25-21)24-17(15)10-14/h3-7,10,12-13,20,22-23H,1-2,8-9,11,21H2,(H,24,25). The maximum absolute atomic E-state index is 7.09. The Balaban J connectivity index is 1.47. The third kappa shape index (κ3) is 4.59. The zero-order chi connectivity index (χ0) is 18.2. The van der Waals surface area contributed by atoms with Gasteiger partial charge in [-0.3, -0.25) is 5.41 Å². The molecule has 0 unspecified atom stereocenters. The van der Waals surface area contributed by atoms with E-state index >= 15 is 0 Å². The number of nitrogens with two attached hydrogens (primary N) is 1. The predicted molar refractivity (Wildman–Crippen MR) is 105 cm³/mol. The van der Waals surface area contributed by atoms with Crippen molar-refractivity contribution in [1.82, 2.24) is 15.6 Å². The molecule has 1 aromatic carbocycles. The van der Waals surface area contributed by atoms with Gasteiger partial charge in [0.25, 0.3) is 0 Å². The number of anilines is 1. The zero-order valence-corrected chi connectivity index (χ0v) is 14.6. The fourth-order valence-electron chi connectivity index (χ4n) is 2.91. The fraction of sp³-hybridized carbons (Fsp3) is 0.263. The first-order chi connectivity index (χ1) is 12.8. The first kappa shape index (κ1) is 17.9. The van der Waals surface area contributed by atoms with Crippen molar-refractivity contribution < 1.29 is 4.74 Å². The smallest absolute Gasteiger partial charge is 0.173 e. The van der Waals surface area contributed by atoms with E-state index in [4.69, 9.17) is 16.0 Å². The van der Waals surface area contributed by atoms with Crippen LogP contribution >= 0.6 is 0 Å². The summed E-state index contributed by atoms with van der Waals surface area (Å²) in [4.78, 5) is 4.47. The Morgan fingerprint density at radius 1 is 1.31 bits per heavy atom. The van der Waals surface area contributed by atoms with E-state index in [2.05, 4.69) is 39.2 Å². The highest BCUT2D eigenvalue weighted by Gasteiger charge is 2.09. The Hall–Kier alpha value is -2.90. The molecule has 1 aliphatic rings. The van der Waals surface area contributed by atoms with Gasteiger partial charge in [-0.2, -0.15) is 0 Å². The van der Waals surface area contributed by atoms with Gasteiger partial charge in [-0.1, -0.05) is 12.1 Å². The highest BCUT2D eigenvalue weighted by atomic mass is 16.5. The molecule has 136 valence electrons. The number of hydrogen-bond donors (Lipinski definition) is 5. The molecule has 26 heavy (non-hydrogen) atoms. The average molecular weight is 352 g/mol. The Morgan fingerprint density at radius 3 is 3.04 bits per heavy atom. The first-order valence-corrected chi connectivity index (χ1v) is 8.66. The maximum Gasteiger partial charge on any atom is 0.173 e. The number of aromatic nitrogens is 1. The molecule has 3 rings (SSSR count). The molecule has 0 bridgehead atoms. The molecular weight excluding hydrogens is 328 g/mol. The van der Waals surface area contributed by atoms with Gasteiger partial charge < -0.3 is 20.8 Å². The molecule has 2 heterocycles. The van der Waals surface area contributed by atoms with Crippen molar-refractivity contribution in [2.45, 2.75) is 19.4 Å². The summed E-state index contributed by atoms with van der Waals surface area (Å²) in [6.07, 6.45) is 6.78. The number of ether oxygens (including phenoxy) is 1. The van der Waals surface area contributed by atoms with Crippen LogP contribution in [0.5, 0.6) is 0 Å². The number of hydrazine groups is 1. The summed E-state index contributed by atoms with van der Waals surface area (Å²) >= 11 is 0. The maximum atomic E-state index is 7.09. The van der Waals surface area contributed by atoms with E-state index < -0.39 is 0 Å². The quantitative estimate of drug-likeness (QED) is 0.156. The first-order valence-electron chi connectivity index (χ1n) is 8.66. The molecule has 0 atom stereocenters. The zero-order valence-electron chi connectivity index (χ0n) is 14.6. The van der Waals surface area contributed by atoms with Gasteiger partial charge in [0.05, 0.1) is 5.52 Å². The van der Waals surface area contributed by atoms with Crippen molar-refractivity contribution >= 4 is 23.1 Å². The number of allylic oxidation sites excluding steroid dienone is 1. The summed E-state index contributed by atoms with van der Waals surface area (Å²) < 4.78 is 5.23. The lowest BCUT2D eigenvalue weighted by molar-refractivity contribution is 0.429. The molecule has 7 nitrogen and oxygen atoms in total. The van der Waals surface area contributed by atoms with Gasteiger partial charge in [-0.15, -0.1) is 0 Å². The number of nitrogen functional groups attached to an aromatic ring is 1. The van der Waals surface area contributed by atoms with Crippen molar-refractivity contribution in [1.29, 1.82) is 5.41 Å². The summed E-state index contributed by atoms with van der Waals surface area (Å²) in [5, 5.41) is 14.8. The summed E-state index contributed by atoms with van der Waals surface area (Å²) in [7, 11) is 0. The van der Waals surface area contributed by atoms with Crippen LogP contribution in [0.15, 0.2) is 53.9 Å². The number of nitrogens with one attached hydrogen (secondary N) is 4. The molecule has 1 aliphatic heterocycles. The molecule has 0 spiro atoms. The third-order valence-electron chi connectivity index (χ3n) is 4.22. The largest absolute Gasteiger partial charge is 0.446 e. The lowest BCUT2D eigenvalue weighted by Crippen LogP contribution is -2.17. The average Bonchev–Trinajstić information content (AvgIpc) is 2.68. The molecule has 1 aromatic heterocycles. The van der Waals surface area contributed by atoms with Crippen LogP contribution in [0.2, 0.25) is 0 Å². The van der Waals surface area contributed by atoms with Gasteiger partial charge in [0.15, 0.2) is 6.40 Å². The summed E-state index contributed by atoms with van der Waals surface area (Å²) in [5.74, 6) is 6.86. The van der Waals surface area contributed by atoms with Gasteiger partial charge in [0.1, 0.15) is 11.6 Å². The van der Waals surface area contributed by atoms with Crippen molar-refractivity contribution in [3.05, 3.63) is 59.5 Å². The highest BCUT2D eigenvalue weighted by Crippen LogP contribution is 2.19. The Kier molecular flexibility index (Phi) is 6.19. The molecule has 6 N–H and O–H groups in total. The monoisotopic (exact) mass is 352 g/mol. The van der Waals surface area contributed by atoms with E-state index in [1.54, 1.807) is 0 Å². The number of fused-ring (bicyclic) bond motifs is 1. The van der Waals surface area contributed by atoms with Crippen LogP contribution < -0.4 is 21.9 Å². The molecular formula is C19H24N6O. The molecule has 0 aliphatic carbocycles. The molecule has 7 heteroatoms. The predicted octanol–water partition coefficient (Wildman–Crippen LogP) is 2.38. The van der Waals surface area contributed by atoms with Crippen molar-refractivity contribution in [2.75, 3.05) is 18.5 Å². The second-order valence-corrected chi connectivity index (χ2v) is 6.03. The summed E-state index contributed by atoms with van der Waals surface area (Å²) in [5.41, 5.74) is 5.79. The number of benzene rings is 1. The lowest BCUT2D eigenvalue weighted by atomic mass is 10.1. The van der Waals surface area contributed by atoms with Crippen molar-refractivity contribution in [3.8, 4) is 0 Å². The molecule has 0 radical (unpaired) electrons. The second-order valence-electron chi connectivity index (χ2n) is 6.03. The minimum atomic E-state index is 0.660. The molecule has 0 saturated heterocycles. The van der Waals surface area contributed by atoms with Crippen LogP contribution in [0.25, 0.3) is 10.9 Å². The van der Waals surface area contributed by atoms with Gasteiger partial charge >= 0.3 is 0 Å². The van der Waals surface area contributed by atoms with Gasteiger partial charge in [0, 0.05) is 30.2 Å². The Bertz CT molecular complexity index is 830. The normalized spacial score (nSPS) is 13.6. The molecule has 0 saturated carbocycles. The number of pyridine rings is 1. The van der Waals surface area contributed by atoms with Crippen molar-refractivity contribution in [2.24, 2.45) is 5.84 Å². The van der Waals surface area contributed by atoms with E-state index in [0.29, 0.717) is 5.82 Å². The van der Waals surface area contributed by atoms with Crippen LogP contribution in [0.4, 0.5) is 5.82 Å². The number of rotatable bonds is 9. The SMILES string of the molecule is N=COC1=CCNC=C1CCCNCc1ccc2ccc(NN)nc2c1. The van der Waals surface area contributed by atoms with Crippen LogP contribution in [0.3, 0.4) is 0 Å². The Labute approximate surface area is 152 Å². The fourth-order valence-corrected chi connectivity index (χ4v) is 2.91. The number of dihydropyridines is 1. The van der Waals surface area contributed by atoms with E-state index in [1.807, 2.05) is 24.4 Å². The molecule has 0 amide bonds. The minimum absolute atomic E-state index is 0.660. The highest BCUT2D eigenvalue weighted by molar-refractivity contribution is 5.80. The summed E-state index contributed by atoms with van der Waals surface area (Å²) in [6.45, 7) is 2.42. The van der Waals surface area contributed by atoms with Crippen LogP contribution in [0.1, 0.15) is 18.4 Å². The Morgan fingerprint density at radius 2 is 2.19 bits per heavy atom. The van der Waals surface area contributed by atoms with Gasteiger partial charge in [-0.05, 0) is 49.2 Å². The van der Waals surface area contributed by atoms with E-state index in [0.717, 1.165) is 61.1 Å². The van der Waals surface area contributed by atoms with Crippen LogP contribution in [-0.4, -0.2) is 24.5 Å².